The van der Waals surface area contributed by atoms with Gasteiger partial charge in [-0.2, -0.15) is 4.98 Å². The number of aryl methyl sites for hydroxylation is 1. The second kappa shape index (κ2) is 11.0. The van der Waals surface area contributed by atoms with E-state index in [0.29, 0.717) is 24.6 Å². The summed E-state index contributed by atoms with van der Waals surface area (Å²) in [4.78, 5) is 37.6. The number of nitrogens with one attached hydrogen (secondary N) is 2. The topological polar surface area (TPSA) is 90.5 Å². The number of amides is 2. The summed E-state index contributed by atoms with van der Waals surface area (Å²) < 4.78 is 0. The molecule has 3 aromatic rings. The van der Waals surface area contributed by atoms with Gasteiger partial charge >= 0.3 is 0 Å². The Balaban J connectivity index is 1.36. The van der Waals surface area contributed by atoms with Crippen molar-refractivity contribution in [1.29, 1.82) is 0 Å². The van der Waals surface area contributed by atoms with Crippen molar-refractivity contribution in [2.24, 2.45) is 5.92 Å². The number of nitrogens with zero attached hydrogens (tertiary/aromatic N) is 4. The largest absolute Gasteiger partial charge is 0.356 e. The van der Waals surface area contributed by atoms with Gasteiger partial charge in [0.2, 0.25) is 11.9 Å². The van der Waals surface area contributed by atoms with Gasteiger partial charge in [0.25, 0.3) is 5.91 Å². The molecule has 2 heterocycles. The highest BCUT2D eigenvalue weighted by Gasteiger charge is 2.26. The first-order valence-corrected chi connectivity index (χ1v) is 11.9. The Labute approximate surface area is 206 Å². The number of hydrogen-bond acceptors (Lipinski definition) is 6. The van der Waals surface area contributed by atoms with Crippen molar-refractivity contribution in [2.45, 2.75) is 26.3 Å². The molecule has 4 rings (SSSR count). The van der Waals surface area contributed by atoms with Crippen LogP contribution in [0.1, 0.15) is 34.3 Å². The second-order valence-electron chi connectivity index (χ2n) is 9.13. The van der Waals surface area contributed by atoms with Gasteiger partial charge in [-0.1, -0.05) is 29.8 Å². The molecule has 0 bridgehead atoms. The molecule has 1 saturated heterocycles. The summed E-state index contributed by atoms with van der Waals surface area (Å²) in [5.41, 5.74) is 3.72. The SMILES string of the molecule is Cc1ccc(CNC(=O)[C@H]2CCCN(c3ccnc(Nc4ccc(C(=O)N(C)C)cc4)n3)C2)cc1. The molecule has 1 aromatic heterocycles. The normalized spacial score (nSPS) is 15.4. The molecule has 2 N–H and O–H groups in total. The van der Waals surface area contributed by atoms with Crippen molar-refractivity contribution >= 4 is 29.3 Å². The number of carbonyl (C=O) groups is 2. The van der Waals surface area contributed by atoms with E-state index >= 15 is 0 Å². The lowest BCUT2D eigenvalue weighted by atomic mass is 9.97. The maximum atomic E-state index is 12.8. The lowest BCUT2D eigenvalue weighted by Gasteiger charge is -2.33. The third-order valence-electron chi connectivity index (χ3n) is 6.14. The van der Waals surface area contributed by atoms with Crippen LogP contribution in [0.4, 0.5) is 17.5 Å². The van der Waals surface area contributed by atoms with E-state index in [9.17, 15) is 9.59 Å². The maximum Gasteiger partial charge on any atom is 0.253 e. The number of carbonyl (C=O) groups excluding carboxylic acids is 2. The Morgan fingerprint density at radius 2 is 1.80 bits per heavy atom. The zero-order valence-corrected chi connectivity index (χ0v) is 20.5. The second-order valence-corrected chi connectivity index (χ2v) is 9.13. The third kappa shape index (κ3) is 6.35. The molecular formula is C27H32N6O2. The van der Waals surface area contributed by atoms with Crippen LogP contribution in [0.5, 0.6) is 0 Å². The minimum atomic E-state index is -0.0812. The van der Waals surface area contributed by atoms with Gasteiger partial charge in [-0.15, -0.1) is 0 Å². The summed E-state index contributed by atoms with van der Waals surface area (Å²) in [6.45, 7) is 4.06. The van der Waals surface area contributed by atoms with E-state index in [4.69, 9.17) is 0 Å². The summed E-state index contributed by atoms with van der Waals surface area (Å²) in [7, 11) is 3.46. The fraction of sp³-hybridized carbons (Fsp3) is 0.333. The number of hydrogen-bond donors (Lipinski definition) is 2. The number of rotatable bonds is 7. The Hall–Kier alpha value is -3.94. The highest BCUT2D eigenvalue weighted by Crippen LogP contribution is 2.23. The number of piperidine rings is 1. The average Bonchev–Trinajstić information content (AvgIpc) is 2.88. The molecule has 182 valence electrons. The maximum absolute atomic E-state index is 12.8. The van der Waals surface area contributed by atoms with Gasteiger partial charge in [-0.05, 0) is 55.7 Å². The highest BCUT2D eigenvalue weighted by atomic mass is 16.2. The van der Waals surface area contributed by atoms with Crippen molar-refractivity contribution in [3.05, 3.63) is 77.5 Å². The van der Waals surface area contributed by atoms with E-state index in [1.165, 1.54) is 5.56 Å². The first-order chi connectivity index (χ1) is 16.9. The molecule has 8 heteroatoms. The van der Waals surface area contributed by atoms with E-state index in [-0.39, 0.29) is 17.7 Å². The molecule has 8 nitrogen and oxygen atoms in total. The summed E-state index contributed by atoms with van der Waals surface area (Å²) in [5, 5.41) is 6.29. The van der Waals surface area contributed by atoms with Crippen LogP contribution < -0.4 is 15.5 Å². The Morgan fingerprint density at radius 1 is 1.06 bits per heavy atom. The van der Waals surface area contributed by atoms with E-state index in [1.54, 1.807) is 37.3 Å². The minimum Gasteiger partial charge on any atom is -0.356 e. The fourth-order valence-electron chi connectivity index (χ4n) is 4.11. The van der Waals surface area contributed by atoms with E-state index in [2.05, 4.69) is 44.6 Å². The van der Waals surface area contributed by atoms with Crippen LogP contribution in [-0.2, 0) is 11.3 Å². The molecule has 1 aliphatic rings. The standard InChI is InChI=1S/C27H32N6O2/c1-19-6-8-20(9-7-19)17-29-25(34)22-5-4-16-33(18-22)24-14-15-28-27(31-24)30-23-12-10-21(11-13-23)26(35)32(2)3/h6-15,22H,4-5,16-18H2,1-3H3,(H,29,34)(H,28,30,31)/t22-/m0/s1. The summed E-state index contributed by atoms with van der Waals surface area (Å²) >= 11 is 0. The van der Waals surface area contributed by atoms with Gasteiger partial charge in [0.05, 0.1) is 5.92 Å². The number of anilines is 3. The van der Waals surface area contributed by atoms with Crippen LogP contribution in [0, 0.1) is 12.8 Å². The zero-order chi connectivity index (χ0) is 24.8. The van der Waals surface area contributed by atoms with Gasteiger partial charge in [0.15, 0.2) is 0 Å². The summed E-state index contributed by atoms with van der Waals surface area (Å²) in [6, 6.07) is 17.3. The Kier molecular flexibility index (Phi) is 7.60. The molecule has 0 unspecified atom stereocenters. The number of benzene rings is 2. The van der Waals surface area contributed by atoms with Crippen LogP contribution in [0.3, 0.4) is 0 Å². The number of aromatic nitrogens is 2. The van der Waals surface area contributed by atoms with Crippen molar-refractivity contribution < 1.29 is 9.59 Å². The predicted molar refractivity (Wildman–Crippen MR) is 138 cm³/mol. The molecule has 0 spiro atoms. The van der Waals surface area contributed by atoms with E-state index in [0.717, 1.165) is 36.5 Å². The van der Waals surface area contributed by atoms with Crippen molar-refractivity contribution in [2.75, 3.05) is 37.4 Å². The molecule has 0 radical (unpaired) electrons. The van der Waals surface area contributed by atoms with Crippen LogP contribution in [-0.4, -0.2) is 53.9 Å². The van der Waals surface area contributed by atoms with E-state index < -0.39 is 0 Å². The van der Waals surface area contributed by atoms with Gasteiger partial charge < -0.3 is 20.4 Å². The smallest absolute Gasteiger partial charge is 0.253 e. The molecule has 35 heavy (non-hydrogen) atoms. The molecule has 1 fully saturated rings. The molecule has 2 amide bonds. The van der Waals surface area contributed by atoms with Gasteiger partial charge in [0, 0.05) is 51.2 Å². The van der Waals surface area contributed by atoms with Crippen LogP contribution in [0.25, 0.3) is 0 Å². The van der Waals surface area contributed by atoms with Crippen molar-refractivity contribution in [3.8, 4) is 0 Å². The average molecular weight is 473 g/mol. The Morgan fingerprint density at radius 3 is 2.51 bits per heavy atom. The van der Waals surface area contributed by atoms with Crippen LogP contribution in [0.2, 0.25) is 0 Å². The molecule has 0 saturated carbocycles. The molecule has 2 aromatic carbocycles. The van der Waals surface area contributed by atoms with Gasteiger partial charge in [0.1, 0.15) is 5.82 Å². The quantitative estimate of drug-likeness (QED) is 0.544. The lowest BCUT2D eigenvalue weighted by molar-refractivity contribution is -0.125. The Bertz CT molecular complexity index is 1160. The molecule has 0 aliphatic carbocycles. The van der Waals surface area contributed by atoms with E-state index in [1.807, 2.05) is 30.3 Å². The zero-order valence-electron chi connectivity index (χ0n) is 20.5. The third-order valence-corrected chi connectivity index (χ3v) is 6.14. The molecule has 1 atom stereocenters. The molecule has 1 aliphatic heterocycles. The first-order valence-electron chi connectivity index (χ1n) is 11.9. The highest BCUT2D eigenvalue weighted by molar-refractivity contribution is 5.94. The lowest BCUT2D eigenvalue weighted by Crippen LogP contribution is -2.43. The van der Waals surface area contributed by atoms with Crippen LogP contribution >= 0.6 is 0 Å². The summed E-state index contributed by atoms with van der Waals surface area (Å²) in [6.07, 6.45) is 3.51. The van der Waals surface area contributed by atoms with Crippen molar-refractivity contribution in [3.63, 3.8) is 0 Å². The first kappa shape index (κ1) is 24.2. The summed E-state index contributed by atoms with van der Waals surface area (Å²) in [5.74, 6) is 1.22. The van der Waals surface area contributed by atoms with Gasteiger partial charge in [-0.25, -0.2) is 4.98 Å². The molecular weight excluding hydrogens is 440 g/mol. The van der Waals surface area contributed by atoms with Crippen molar-refractivity contribution in [1.82, 2.24) is 20.2 Å². The predicted octanol–water partition coefficient (Wildman–Crippen LogP) is 3.76. The monoisotopic (exact) mass is 472 g/mol. The minimum absolute atomic E-state index is 0.0441. The fourth-order valence-corrected chi connectivity index (χ4v) is 4.11. The van der Waals surface area contributed by atoms with Gasteiger partial charge in [-0.3, -0.25) is 9.59 Å². The van der Waals surface area contributed by atoms with Crippen LogP contribution in [0.15, 0.2) is 60.8 Å².